The quantitative estimate of drug-likeness (QED) is 0.382. The van der Waals surface area contributed by atoms with Gasteiger partial charge in [-0.15, -0.1) is 0 Å². The summed E-state index contributed by atoms with van der Waals surface area (Å²) in [5, 5.41) is 11.9. The average molecular weight is 233 g/mol. The van der Waals surface area contributed by atoms with Gasteiger partial charge in [0.05, 0.1) is 0 Å². The van der Waals surface area contributed by atoms with Crippen LogP contribution in [0, 0.1) is 13.8 Å². The van der Waals surface area contributed by atoms with Gasteiger partial charge >= 0.3 is 0 Å². The van der Waals surface area contributed by atoms with Crippen LogP contribution >= 0.6 is 0 Å². The molecular weight excluding hydrogens is 222 g/mol. The highest BCUT2D eigenvalue weighted by Gasteiger charge is 2.22. The molecule has 0 amide bonds. The number of Topliss-reactive ketones (excluding diaryl/α,β-unsaturated/α-hetero) is 1. The molecule has 0 aliphatic carbocycles. The highest BCUT2D eigenvalue weighted by atomic mass is 16.4. The topological polar surface area (TPSA) is 75.9 Å². The monoisotopic (exact) mass is 233 g/mol. The van der Waals surface area contributed by atoms with Crippen LogP contribution in [-0.2, 0) is 0 Å². The average Bonchev–Trinajstić information content (AvgIpc) is 2.89. The maximum Gasteiger partial charge on any atom is 0.253 e. The molecule has 0 aliphatic rings. The van der Waals surface area contributed by atoms with Crippen LogP contribution in [0.15, 0.2) is 38.3 Å². The Bertz CT molecular complexity index is 577. The summed E-state index contributed by atoms with van der Waals surface area (Å²) < 4.78 is 10.4. The minimum absolute atomic E-state index is 0.115. The van der Waals surface area contributed by atoms with Gasteiger partial charge in [-0.25, -0.2) is 0 Å². The Morgan fingerprint density at radius 2 is 1.59 bits per heavy atom. The van der Waals surface area contributed by atoms with Gasteiger partial charge in [0.1, 0.15) is 11.5 Å². The molecule has 0 aliphatic heterocycles. The van der Waals surface area contributed by atoms with Gasteiger partial charge in [0, 0.05) is 0 Å². The molecule has 0 radical (unpaired) electrons. The molecule has 5 nitrogen and oxygen atoms in total. The lowest BCUT2D eigenvalue weighted by molar-refractivity contribution is 0.103. The van der Waals surface area contributed by atoms with E-state index in [1.165, 1.54) is 6.07 Å². The van der Waals surface area contributed by atoms with Crippen LogP contribution in [0.25, 0.3) is 0 Å². The number of furan rings is 2. The summed E-state index contributed by atoms with van der Waals surface area (Å²) in [6.07, 6.45) is 0. The summed E-state index contributed by atoms with van der Waals surface area (Å²) in [4.78, 5) is 12.0. The van der Waals surface area contributed by atoms with Crippen molar-refractivity contribution >= 4 is 11.5 Å². The fraction of sp³-hybridized carbons (Fsp3) is 0.167. The second-order valence-electron chi connectivity index (χ2n) is 3.60. The Morgan fingerprint density at radius 1 is 1.06 bits per heavy atom. The molecule has 2 aromatic rings. The molecule has 1 N–H and O–H groups in total. The predicted octanol–water partition coefficient (Wildman–Crippen LogP) is 2.55. The lowest BCUT2D eigenvalue weighted by Crippen LogP contribution is -2.14. The van der Waals surface area contributed by atoms with Crippen LogP contribution in [0.1, 0.15) is 27.8 Å². The lowest BCUT2D eigenvalue weighted by Gasteiger charge is -1.97. The first-order valence-electron chi connectivity index (χ1n) is 5.02. The molecule has 0 fully saturated rings. The fourth-order valence-electron chi connectivity index (χ4n) is 1.44. The summed E-state index contributed by atoms with van der Waals surface area (Å²) >= 11 is 0. The van der Waals surface area contributed by atoms with Crippen LogP contribution in [0.2, 0.25) is 0 Å². The molecule has 2 rings (SSSR count). The Hall–Kier alpha value is -2.30. The van der Waals surface area contributed by atoms with E-state index in [1.54, 1.807) is 32.0 Å². The SMILES string of the molecule is Cc1ccc(C(=O)/C(=N\O)c2ccc(C)o2)o1. The van der Waals surface area contributed by atoms with Gasteiger partial charge in [-0.2, -0.15) is 0 Å². The first-order valence-corrected chi connectivity index (χ1v) is 5.02. The number of carbonyl (C=O) groups excluding carboxylic acids is 1. The van der Waals surface area contributed by atoms with Gasteiger partial charge in [-0.3, -0.25) is 4.79 Å². The molecule has 0 bridgehead atoms. The second-order valence-corrected chi connectivity index (χ2v) is 3.60. The number of ketones is 1. The largest absolute Gasteiger partial charge is 0.459 e. The van der Waals surface area contributed by atoms with E-state index in [1.807, 2.05) is 0 Å². The fourth-order valence-corrected chi connectivity index (χ4v) is 1.44. The smallest absolute Gasteiger partial charge is 0.253 e. The van der Waals surface area contributed by atoms with Crippen molar-refractivity contribution in [2.24, 2.45) is 5.16 Å². The summed E-state index contributed by atoms with van der Waals surface area (Å²) in [6, 6.07) is 6.44. The van der Waals surface area contributed by atoms with Gasteiger partial charge in [0.2, 0.25) is 0 Å². The van der Waals surface area contributed by atoms with Gasteiger partial charge < -0.3 is 14.0 Å². The van der Waals surface area contributed by atoms with Crippen LogP contribution < -0.4 is 0 Å². The number of aryl methyl sites for hydroxylation is 2. The predicted molar refractivity (Wildman–Crippen MR) is 59.5 cm³/mol. The zero-order valence-corrected chi connectivity index (χ0v) is 9.43. The van der Waals surface area contributed by atoms with Crippen LogP contribution in [-0.4, -0.2) is 16.7 Å². The minimum atomic E-state index is -0.519. The number of hydrogen-bond donors (Lipinski definition) is 1. The molecule has 0 atom stereocenters. The Morgan fingerprint density at radius 3 is 2.00 bits per heavy atom. The van der Waals surface area contributed by atoms with Crippen LogP contribution in [0.3, 0.4) is 0 Å². The summed E-state index contributed by atoms with van der Waals surface area (Å²) in [7, 11) is 0. The third-order valence-electron chi connectivity index (χ3n) is 2.25. The van der Waals surface area contributed by atoms with Crippen molar-refractivity contribution in [3.63, 3.8) is 0 Å². The number of carbonyl (C=O) groups is 1. The third-order valence-corrected chi connectivity index (χ3v) is 2.25. The van der Waals surface area contributed by atoms with E-state index in [0.717, 1.165) is 0 Å². The number of hydrogen-bond acceptors (Lipinski definition) is 5. The Balaban J connectivity index is 2.35. The van der Waals surface area contributed by atoms with E-state index in [2.05, 4.69) is 5.16 Å². The first-order chi connectivity index (χ1) is 8.11. The molecule has 88 valence electrons. The van der Waals surface area contributed by atoms with E-state index in [0.29, 0.717) is 11.5 Å². The van der Waals surface area contributed by atoms with E-state index in [-0.39, 0.29) is 17.2 Å². The maximum atomic E-state index is 12.0. The second kappa shape index (κ2) is 4.29. The van der Waals surface area contributed by atoms with E-state index in [9.17, 15) is 4.79 Å². The van der Waals surface area contributed by atoms with Gasteiger partial charge in [-0.05, 0) is 38.1 Å². The van der Waals surface area contributed by atoms with Crippen molar-refractivity contribution < 1.29 is 18.8 Å². The Labute approximate surface area is 97.3 Å². The standard InChI is InChI=1S/C12H11NO4/c1-7-3-5-9(16-7)11(13-15)12(14)10-6-4-8(2)17-10/h3-6,15H,1-2H3/b13-11-. The molecule has 0 saturated carbocycles. The molecule has 0 aromatic carbocycles. The third kappa shape index (κ3) is 2.13. The summed E-state index contributed by atoms with van der Waals surface area (Å²) in [6.45, 7) is 3.46. The molecule has 2 heterocycles. The van der Waals surface area contributed by atoms with Crippen molar-refractivity contribution in [2.75, 3.05) is 0 Å². The van der Waals surface area contributed by atoms with Gasteiger partial charge in [-0.1, -0.05) is 5.16 Å². The molecular formula is C12H11NO4. The van der Waals surface area contributed by atoms with Crippen molar-refractivity contribution in [3.05, 3.63) is 47.3 Å². The van der Waals surface area contributed by atoms with Gasteiger partial charge in [0.15, 0.2) is 17.2 Å². The zero-order valence-electron chi connectivity index (χ0n) is 9.43. The van der Waals surface area contributed by atoms with Crippen molar-refractivity contribution in [3.8, 4) is 0 Å². The van der Waals surface area contributed by atoms with Gasteiger partial charge in [0.25, 0.3) is 5.78 Å². The van der Waals surface area contributed by atoms with E-state index >= 15 is 0 Å². The number of rotatable bonds is 3. The highest BCUT2D eigenvalue weighted by Crippen LogP contribution is 2.14. The van der Waals surface area contributed by atoms with Crippen molar-refractivity contribution in [2.45, 2.75) is 13.8 Å². The minimum Gasteiger partial charge on any atom is -0.459 e. The van der Waals surface area contributed by atoms with E-state index in [4.69, 9.17) is 14.0 Å². The normalized spacial score (nSPS) is 11.8. The molecule has 0 spiro atoms. The van der Waals surface area contributed by atoms with Crippen LogP contribution in [0.5, 0.6) is 0 Å². The Kier molecular flexibility index (Phi) is 2.82. The highest BCUT2D eigenvalue weighted by molar-refractivity contribution is 6.50. The summed E-state index contributed by atoms with van der Waals surface area (Å²) in [5.41, 5.74) is -0.174. The lowest BCUT2D eigenvalue weighted by atomic mass is 10.1. The molecule has 2 aromatic heterocycles. The van der Waals surface area contributed by atoms with Crippen molar-refractivity contribution in [1.29, 1.82) is 0 Å². The molecule has 17 heavy (non-hydrogen) atoms. The molecule has 5 heteroatoms. The first kappa shape index (κ1) is 11.2. The van der Waals surface area contributed by atoms with E-state index < -0.39 is 5.78 Å². The zero-order chi connectivity index (χ0) is 12.4. The van der Waals surface area contributed by atoms with Crippen molar-refractivity contribution in [1.82, 2.24) is 0 Å². The molecule has 0 unspecified atom stereocenters. The number of oxime groups is 1. The number of nitrogens with zero attached hydrogens (tertiary/aromatic N) is 1. The molecule has 0 saturated heterocycles. The van der Waals surface area contributed by atoms with Crippen LogP contribution in [0.4, 0.5) is 0 Å². The maximum absolute atomic E-state index is 12.0. The summed E-state index contributed by atoms with van der Waals surface area (Å²) in [5.74, 6) is 1.05.